The molecule has 0 aliphatic rings. The summed E-state index contributed by atoms with van der Waals surface area (Å²) in [5.74, 6) is 0.412. The van der Waals surface area contributed by atoms with Crippen LogP contribution in [0.15, 0.2) is 4.99 Å². The van der Waals surface area contributed by atoms with Crippen LogP contribution in [0.1, 0.15) is 6.92 Å². The second-order valence-electron chi connectivity index (χ2n) is 1.26. The first-order valence-electron chi connectivity index (χ1n) is 1.94. The largest absolute Gasteiger partial charge is 0.388 e. The van der Waals surface area contributed by atoms with Crippen molar-refractivity contribution in [1.29, 1.82) is 0 Å². The summed E-state index contributed by atoms with van der Waals surface area (Å²) >= 11 is 0. The molecule has 0 radical (unpaired) electrons. The van der Waals surface area contributed by atoms with Gasteiger partial charge in [-0.25, -0.2) is 4.99 Å². The fraction of sp³-hybridized carbons (Fsp3) is 0.667. The highest BCUT2D eigenvalue weighted by Crippen LogP contribution is 1.65. The number of nitrogens with zero attached hydrogens (tertiary/aromatic N) is 1. The van der Waals surface area contributed by atoms with E-state index >= 15 is 0 Å². The second kappa shape index (κ2) is 2.54. The van der Waals surface area contributed by atoms with Crippen molar-refractivity contribution < 1.29 is 0 Å². The first kappa shape index (κ1) is 6.39. The molecule has 0 saturated carbocycles. The van der Waals surface area contributed by atoms with Gasteiger partial charge in [-0.15, -0.1) is 0 Å². The fourth-order valence-corrected chi connectivity index (χ4v) is 0.235. The minimum absolute atomic E-state index is 0.412. The van der Waals surface area contributed by atoms with Crippen LogP contribution >= 0.6 is 0 Å². The maximum atomic E-state index is 5.08. The van der Waals surface area contributed by atoms with E-state index in [4.69, 9.17) is 17.2 Å². The highest BCUT2D eigenvalue weighted by atomic mass is 15.1. The minimum atomic E-state index is -0.662. The molecule has 0 heterocycles. The van der Waals surface area contributed by atoms with E-state index in [1.54, 1.807) is 6.92 Å². The topological polar surface area (TPSA) is 90.4 Å². The van der Waals surface area contributed by atoms with Crippen LogP contribution in [0, 0.1) is 0 Å². The number of nitrogens with two attached hydrogens (primary N) is 3. The first-order valence-corrected chi connectivity index (χ1v) is 1.94. The fourth-order valence-electron chi connectivity index (χ4n) is 0.235. The van der Waals surface area contributed by atoms with E-state index in [2.05, 4.69) is 4.99 Å². The smallest absolute Gasteiger partial charge is 0.150 e. The molecule has 0 bridgehead atoms. The molecule has 0 aromatic carbocycles. The molecular formula is C3H10N4. The molecule has 0 aromatic rings. The molecule has 4 nitrogen and oxygen atoms in total. The van der Waals surface area contributed by atoms with Crippen LogP contribution in [0.5, 0.6) is 0 Å². The Hall–Kier alpha value is -0.610. The zero-order valence-electron chi connectivity index (χ0n) is 4.26. The van der Waals surface area contributed by atoms with Crippen molar-refractivity contribution in [1.82, 2.24) is 0 Å². The van der Waals surface area contributed by atoms with E-state index in [0.717, 1.165) is 0 Å². The van der Waals surface area contributed by atoms with E-state index in [9.17, 15) is 0 Å². The molecule has 4 heteroatoms. The Morgan fingerprint density at radius 3 is 2.00 bits per heavy atom. The van der Waals surface area contributed by atoms with Gasteiger partial charge in [-0.05, 0) is 6.92 Å². The first-order chi connectivity index (χ1) is 3.13. The van der Waals surface area contributed by atoms with Crippen LogP contribution in [-0.4, -0.2) is 12.1 Å². The summed E-state index contributed by atoms with van der Waals surface area (Å²) in [6.07, 6.45) is -0.662. The lowest BCUT2D eigenvalue weighted by molar-refractivity contribution is 0.750. The van der Waals surface area contributed by atoms with Gasteiger partial charge in [0.15, 0.2) is 0 Å². The number of rotatable bonds is 1. The van der Waals surface area contributed by atoms with E-state index in [-0.39, 0.29) is 0 Å². The van der Waals surface area contributed by atoms with Crippen LogP contribution in [0.3, 0.4) is 0 Å². The quantitative estimate of drug-likeness (QED) is 0.215. The Labute approximate surface area is 42.4 Å². The SMILES string of the molecule is CC(N)=NC(N)N. The molecule has 7 heavy (non-hydrogen) atoms. The average molecular weight is 102 g/mol. The van der Waals surface area contributed by atoms with Crippen molar-refractivity contribution in [2.24, 2.45) is 22.2 Å². The zero-order chi connectivity index (χ0) is 5.86. The summed E-state index contributed by atoms with van der Waals surface area (Å²) in [5.41, 5.74) is 15.1. The molecule has 6 N–H and O–H groups in total. The Morgan fingerprint density at radius 2 is 2.00 bits per heavy atom. The molecule has 0 unspecified atom stereocenters. The number of amidine groups is 1. The molecule has 0 aliphatic carbocycles. The molecule has 0 atom stereocenters. The highest BCUT2D eigenvalue weighted by molar-refractivity contribution is 5.77. The van der Waals surface area contributed by atoms with E-state index in [0.29, 0.717) is 5.84 Å². The van der Waals surface area contributed by atoms with Gasteiger partial charge in [-0.3, -0.25) is 11.5 Å². The summed E-state index contributed by atoms with van der Waals surface area (Å²) in [6, 6.07) is 0. The Morgan fingerprint density at radius 1 is 1.57 bits per heavy atom. The molecule has 0 aliphatic heterocycles. The third kappa shape index (κ3) is 5.39. The van der Waals surface area contributed by atoms with Crippen molar-refractivity contribution in [3.63, 3.8) is 0 Å². The Bertz CT molecular complexity index is 71.0. The number of hydrogen-bond donors (Lipinski definition) is 3. The van der Waals surface area contributed by atoms with Crippen molar-refractivity contribution in [3.8, 4) is 0 Å². The van der Waals surface area contributed by atoms with Gasteiger partial charge in [0.2, 0.25) is 0 Å². The van der Waals surface area contributed by atoms with E-state index in [1.165, 1.54) is 0 Å². The Balaban J connectivity index is 3.45. The summed E-state index contributed by atoms with van der Waals surface area (Å²) < 4.78 is 0. The van der Waals surface area contributed by atoms with Crippen LogP contribution in [-0.2, 0) is 0 Å². The average Bonchev–Trinajstić information content (AvgIpc) is 1.27. The van der Waals surface area contributed by atoms with Crippen molar-refractivity contribution in [2.75, 3.05) is 0 Å². The lowest BCUT2D eigenvalue weighted by Gasteiger charge is -1.94. The lowest BCUT2D eigenvalue weighted by atomic mass is 10.7. The highest BCUT2D eigenvalue weighted by Gasteiger charge is 1.82. The van der Waals surface area contributed by atoms with Gasteiger partial charge in [-0.2, -0.15) is 0 Å². The summed E-state index contributed by atoms with van der Waals surface area (Å²) in [4.78, 5) is 3.53. The van der Waals surface area contributed by atoms with Gasteiger partial charge in [0, 0.05) is 0 Å². The Kier molecular flexibility index (Phi) is 2.32. The molecule has 42 valence electrons. The predicted molar refractivity (Wildman–Crippen MR) is 29.5 cm³/mol. The molecular weight excluding hydrogens is 92.1 g/mol. The molecule has 0 aromatic heterocycles. The molecule has 0 rings (SSSR count). The van der Waals surface area contributed by atoms with Crippen molar-refractivity contribution in [3.05, 3.63) is 0 Å². The molecule has 0 saturated heterocycles. The summed E-state index contributed by atoms with van der Waals surface area (Å²) in [5, 5.41) is 0. The van der Waals surface area contributed by atoms with Gasteiger partial charge in [0.25, 0.3) is 0 Å². The van der Waals surface area contributed by atoms with Gasteiger partial charge in [-0.1, -0.05) is 0 Å². The van der Waals surface area contributed by atoms with Crippen LogP contribution < -0.4 is 17.2 Å². The minimum Gasteiger partial charge on any atom is -0.388 e. The van der Waals surface area contributed by atoms with Crippen LogP contribution in [0.2, 0.25) is 0 Å². The van der Waals surface area contributed by atoms with Gasteiger partial charge < -0.3 is 5.73 Å². The van der Waals surface area contributed by atoms with Crippen LogP contribution in [0.4, 0.5) is 0 Å². The van der Waals surface area contributed by atoms with Crippen molar-refractivity contribution in [2.45, 2.75) is 13.2 Å². The molecule has 0 spiro atoms. The van der Waals surface area contributed by atoms with Crippen molar-refractivity contribution >= 4 is 5.84 Å². The molecule has 0 amide bonds. The van der Waals surface area contributed by atoms with E-state index in [1.807, 2.05) is 0 Å². The summed E-state index contributed by atoms with van der Waals surface area (Å²) in [7, 11) is 0. The molecule has 0 fully saturated rings. The van der Waals surface area contributed by atoms with Gasteiger partial charge in [0.05, 0.1) is 5.84 Å². The van der Waals surface area contributed by atoms with E-state index < -0.39 is 6.29 Å². The van der Waals surface area contributed by atoms with Gasteiger partial charge in [0.1, 0.15) is 6.29 Å². The third-order valence-corrected chi connectivity index (χ3v) is 0.353. The lowest BCUT2D eigenvalue weighted by Crippen LogP contribution is -2.30. The zero-order valence-corrected chi connectivity index (χ0v) is 4.26. The maximum absolute atomic E-state index is 5.08. The predicted octanol–water partition coefficient (Wildman–Crippen LogP) is -1.44. The third-order valence-electron chi connectivity index (χ3n) is 0.353. The normalized spacial score (nSPS) is 12.9. The maximum Gasteiger partial charge on any atom is 0.150 e. The summed E-state index contributed by atoms with van der Waals surface area (Å²) in [6.45, 7) is 1.63. The standard InChI is InChI=1S/C3H10N4/c1-2(4)7-3(5)6/h3H,5-6H2,1H3,(H2,4,7). The second-order valence-corrected chi connectivity index (χ2v) is 1.26. The van der Waals surface area contributed by atoms with Gasteiger partial charge >= 0.3 is 0 Å². The van der Waals surface area contributed by atoms with Crippen LogP contribution in [0.25, 0.3) is 0 Å². The number of hydrogen-bond acceptors (Lipinski definition) is 3. The number of aliphatic imine (C=N–C) groups is 1. The monoisotopic (exact) mass is 102 g/mol.